The lowest BCUT2D eigenvalue weighted by molar-refractivity contribution is -0.384. The van der Waals surface area contributed by atoms with E-state index in [4.69, 9.17) is 25.4 Å². The summed E-state index contributed by atoms with van der Waals surface area (Å²) >= 11 is 0. The SMILES string of the molecule is C#CCCCN(CCCC#Cc1ccc(C(=O)OCCN(CCOC(=O)c2ccccc2)c2ccc(N=Nc3ccc(S(=O)(=O)CC)cc3)cc2)cc1)c1ccc(N=Nc2ccc([N+](=O)[O-])cc2OCCOC(=O)Cn2c3ccccc3c3ccccc32)cc1. The molecular formula is C70H64N8O11S. The van der Waals surface area contributed by atoms with Crippen LogP contribution >= 0.6 is 0 Å². The molecule has 0 N–H and O–H groups in total. The minimum absolute atomic E-state index is 0.000994. The van der Waals surface area contributed by atoms with Gasteiger partial charge in [0.2, 0.25) is 0 Å². The van der Waals surface area contributed by atoms with E-state index in [1.54, 1.807) is 79.7 Å². The van der Waals surface area contributed by atoms with Crippen molar-refractivity contribution in [3.05, 3.63) is 221 Å². The molecule has 1 heterocycles. The molecule has 0 fully saturated rings. The monoisotopic (exact) mass is 1220 g/mol. The van der Waals surface area contributed by atoms with E-state index in [1.807, 2.05) is 100 Å². The van der Waals surface area contributed by atoms with Crippen molar-refractivity contribution >= 4 is 89.4 Å². The molecule has 9 aromatic rings. The average molecular weight is 1230 g/mol. The van der Waals surface area contributed by atoms with Gasteiger partial charge in [-0.3, -0.25) is 14.9 Å². The lowest BCUT2D eigenvalue weighted by atomic mass is 10.1. The van der Waals surface area contributed by atoms with Crippen molar-refractivity contribution in [2.75, 3.05) is 68.2 Å². The highest BCUT2D eigenvalue weighted by Crippen LogP contribution is 2.34. The molecule has 0 aliphatic rings. The molecule has 0 amide bonds. The van der Waals surface area contributed by atoms with Crippen molar-refractivity contribution in [2.24, 2.45) is 20.5 Å². The molecule has 0 saturated heterocycles. The summed E-state index contributed by atoms with van der Waals surface area (Å²) in [5.74, 6) is 7.84. The van der Waals surface area contributed by atoms with Gasteiger partial charge in [-0.25, -0.2) is 18.0 Å². The second-order valence-electron chi connectivity index (χ2n) is 20.3. The number of carbonyl (C=O) groups is 3. The van der Waals surface area contributed by atoms with Gasteiger partial charge in [-0.15, -0.1) is 17.5 Å². The van der Waals surface area contributed by atoms with Crippen molar-refractivity contribution in [1.82, 2.24) is 4.57 Å². The molecule has 0 bridgehead atoms. The van der Waals surface area contributed by atoms with Crippen LogP contribution in [0.5, 0.6) is 5.75 Å². The third kappa shape index (κ3) is 17.6. The molecule has 456 valence electrons. The number of hydrogen-bond acceptors (Lipinski definition) is 17. The minimum Gasteiger partial charge on any atom is -0.487 e. The van der Waals surface area contributed by atoms with Crippen LogP contribution in [-0.4, -0.2) is 94.2 Å². The number of ether oxygens (including phenoxy) is 4. The highest BCUT2D eigenvalue weighted by molar-refractivity contribution is 7.91. The zero-order valence-electron chi connectivity index (χ0n) is 49.4. The Morgan fingerprint density at radius 2 is 1.10 bits per heavy atom. The molecule has 0 unspecified atom stereocenters. The molecule has 8 aromatic carbocycles. The summed E-state index contributed by atoms with van der Waals surface area (Å²) in [6, 6.07) is 56.3. The van der Waals surface area contributed by atoms with Crippen LogP contribution in [0.3, 0.4) is 0 Å². The number of esters is 3. The van der Waals surface area contributed by atoms with Crippen molar-refractivity contribution in [3.8, 4) is 29.9 Å². The number of benzene rings is 8. The largest absolute Gasteiger partial charge is 0.487 e. The number of nitro benzene ring substituents is 1. The maximum absolute atomic E-state index is 13.3. The first kappa shape index (κ1) is 63.5. The number of para-hydroxylation sites is 2. The van der Waals surface area contributed by atoms with Gasteiger partial charge in [0.25, 0.3) is 5.69 Å². The molecule has 1 aromatic heterocycles. The van der Waals surface area contributed by atoms with Gasteiger partial charge in [-0.2, -0.15) is 15.3 Å². The van der Waals surface area contributed by atoms with Crippen molar-refractivity contribution in [3.63, 3.8) is 0 Å². The quantitative estimate of drug-likeness (QED) is 0.00809. The number of aromatic nitrogens is 1. The molecule has 0 spiro atoms. The van der Waals surface area contributed by atoms with Gasteiger partial charge in [-0.05, 0) is 140 Å². The zero-order chi connectivity index (χ0) is 63.1. The van der Waals surface area contributed by atoms with Crippen LogP contribution in [-0.2, 0) is 35.4 Å². The highest BCUT2D eigenvalue weighted by Gasteiger charge is 2.18. The number of fused-ring (bicyclic) bond motifs is 3. The number of carbonyl (C=O) groups excluding carboxylic acids is 3. The lowest BCUT2D eigenvalue weighted by Gasteiger charge is -2.24. The van der Waals surface area contributed by atoms with Crippen LogP contribution in [0.4, 0.5) is 39.8 Å². The Morgan fingerprint density at radius 3 is 1.67 bits per heavy atom. The number of azo groups is 2. The number of sulfone groups is 1. The second kappa shape index (κ2) is 31.6. The average Bonchev–Trinajstić information content (AvgIpc) is 1.63. The number of terminal acetylenes is 1. The third-order valence-corrected chi connectivity index (χ3v) is 16.1. The van der Waals surface area contributed by atoms with Gasteiger partial charge in [0, 0.05) is 70.7 Å². The third-order valence-electron chi connectivity index (χ3n) is 14.3. The Bertz CT molecular complexity index is 4180. The molecular weight excluding hydrogens is 1160 g/mol. The van der Waals surface area contributed by atoms with E-state index in [9.17, 15) is 32.9 Å². The van der Waals surface area contributed by atoms with Gasteiger partial charge >= 0.3 is 17.9 Å². The summed E-state index contributed by atoms with van der Waals surface area (Å²) in [4.78, 5) is 54.6. The van der Waals surface area contributed by atoms with Gasteiger partial charge in [0.1, 0.15) is 38.7 Å². The summed E-state index contributed by atoms with van der Waals surface area (Å²) < 4.78 is 49.0. The number of nitro groups is 1. The molecule has 19 nitrogen and oxygen atoms in total. The first-order valence-electron chi connectivity index (χ1n) is 29.2. The van der Waals surface area contributed by atoms with Crippen LogP contribution < -0.4 is 14.5 Å². The number of unbranched alkanes of at least 4 members (excludes halogenated alkanes) is 2. The van der Waals surface area contributed by atoms with Gasteiger partial charge in [0.05, 0.1) is 62.9 Å². The lowest BCUT2D eigenvalue weighted by Crippen LogP contribution is -2.32. The summed E-state index contributed by atoms with van der Waals surface area (Å²) in [6.07, 6.45) is 8.36. The van der Waals surface area contributed by atoms with Crippen LogP contribution in [0.25, 0.3) is 21.8 Å². The smallest absolute Gasteiger partial charge is 0.338 e. The van der Waals surface area contributed by atoms with E-state index in [0.29, 0.717) is 60.7 Å². The Morgan fingerprint density at radius 1 is 0.578 bits per heavy atom. The number of rotatable bonds is 29. The van der Waals surface area contributed by atoms with Crippen LogP contribution in [0.15, 0.2) is 219 Å². The predicted octanol–water partition coefficient (Wildman–Crippen LogP) is 14.5. The van der Waals surface area contributed by atoms with E-state index in [1.165, 1.54) is 30.3 Å². The molecule has 0 atom stereocenters. The first-order chi connectivity index (χ1) is 43.8. The number of nitrogens with zero attached hydrogens (tertiary/aromatic N) is 8. The molecule has 0 radical (unpaired) electrons. The Hall–Kier alpha value is -11.0. The molecule has 0 aliphatic carbocycles. The zero-order valence-corrected chi connectivity index (χ0v) is 50.2. The van der Waals surface area contributed by atoms with Gasteiger partial charge in [0.15, 0.2) is 15.6 Å². The summed E-state index contributed by atoms with van der Waals surface area (Å²) in [6.45, 7) is 3.50. The maximum Gasteiger partial charge on any atom is 0.338 e. The van der Waals surface area contributed by atoms with E-state index >= 15 is 0 Å². The standard InChI is InChI=1S/C70H64N8O11S/c1-3-5-15-42-75(58-34-30-56(31-35-58)73-74-64-41-38-60(78(82)83)50-67(64)86-48-49-87-68(79)51-77-65-22-13-11-20-62(65)63-21-12-14-23-66(63)77)43-16-7-8-17-52-24-26-54(27-25-52)70(81)89-47-45-76(44-46-88-69(80)53-18-9-6-10-19-53)59-36-28-55(29-37-59)71-72-57-32-39-61(40-33-57)90(84,85)4-2/h1,6,9-14,18-41,50H,4-5,7,15-16,42-49,51H2,2H3. The van der Waals surface area contributed by atoms with Gasteiger partial charge < -0.3 is 33.3 Å². The predicted molar refractivity (Wildman–Crippen MR) is 346 cm³/mol. The normalized spacial score (nSPS) is 11.2. The topological polar surface area (TPSA) is 226 Å². The fourth-order valence-electron chi connectivity index (χ4n) is 9.61. The molecule has 0 aliphatic heterocycles. The fraction of sp³-hybridized carbons (Fsp3) is 0.214. The Kier molecular flexibility index (Phi) is 22.3. The summed E-state index contributed by atoms with van der Waals surface area (Å²) in [7, 11) is -3.34. The summed E-state index contributed by atoms with van der Waals surface area (Å²) in [5.41, 5.74) is 6.71. The second-order valence-corrected chi connectivity index (χ2v) is 22.6. The first-order valence-corrected chi connectivity index (χ1v) is 30.8. The number of non-ortho nitro benzene ring substituents is 1. The fourth-order valence-corrected chi connectivity index (χ4v) is 10.5. The van der Waals surface area contributed by atoms with Crippen molar-refractivity contribution in [1.29, 1.82) is 0 Å². The van der Waals surface area contributed by atoms with Crippen molar-refractivity contribution < 1.29 is 46.7 Å². The molecule has 20 heteroatoms. The molecule has 0 saturated carbocycles. The number of hydrogen-bond donors (Lipinski definition) is 0. The highest BCUT2D eigenvalue weighted by atomic mass is 32.2. The molecule has 90 heavy (non-hydrogen) atoms. The number of anilines is 2. The van der Waals surface area contributed by atoms with E-state index in [-0.39, 0.29) is 67.3 Å². The van der Waals surface area contributed by atoms with E-state index < -0.39 is 32.7 Å². The maximum atomic E-state index is 13.3. The van der Waals surface area contributed by atoms with E-state index in [0.717, 1.165) is 51.6 Å². The van der Waals surface area contributed by atoms with Gasteiger partial charge in [-0.1, -0.05) is 73.4 Å². The van der Waals surface area contributed by atoms with Crippen LogP contribution in [0.2, 0.25) is 0 Å². The summed E-state index contributed by atoms with van der Waals surface area (Å²) in [5, 5.41) is 31.1. The Labute approximate surface area is 521 Å². The van der Waals surface area contributed by atoms with Crippen molar-refractivity contribution in [2.45, 2.75) is 44.0 Å². The van der Waals surface area contributed by atoms with E-state index in [2.05, 4.69) is 43.1 Å². The minimum atomic E-state index is -3.34. The van der Waals surface area contributed by atoms with Crippen LogP contribution in [0, 0.1) is 34.3 Å². The molecule has 9 rings (SSSR count). The Balaban J connectivity index is 0.746. The van der Waals surface area contributed by atoms with Crippen LogP contribution in [0.1, 0.15) is 58.9 Å².